The van der Waals surface area contributed by atoms with Gasteiger partial charge in [0.1, 0.15) is 0 Å². The number of rotatable bonds is 3. The summed E-state index contributed by atoms with van der Waals surface area (Å²) in [4.78, 5) is 2.50. The Balaban J connectivity index is 0.000000606. The van der Waals surface area contributed by atoms with Crippen molar-refractivity contribution >= 4 is 0 Å². The van der Waals surface area contributed by atoms with Crippen LogP contribution in [0.25, 0.3) is 0 Å². The van der Waals surface area contributed by atoms with Crippen molar-refractivity contribution < 1.29 is 5.11 Å². The standard InChI is InChI=1S/C11H22N2O.C2H6/c14-9-11-2-1-7-13(11)8-10-3-5-12-6-4-10;1-2/h10-12,14H,1-9H2;1-2H3. The van der Waals surface area contributed by atoms with Crippen LogP contribution in [0.15, 0.2) is 0 Å². The second kappa shape index (κ2) is 8.04. The molecule has 0 aromatic heterocycles. The van der Waals surface area contributed by atoms with Gasteiger partial charge in [-0.3, -0.25) is 4.90 Å². The van der Waals surface area contributed by atoms with Crippen molar-refractivity contribution in [2.45, 2.75) is 45.6 Å². The molecule has 2 N–H and O–H groups in total. The Morgan fingerprint density at radius 1 is 1.19 bits per heavy atom. The highest BCUT2D eigenvalue weighted by Gasteiger charge is 2.26. The third-order valence-electron chi connectivity index (χ3n) is 3.66. The van der Waals surface area contributed by atoms with E-state index in [1.165, 1.54) is 51.9 Å². The number of hydrogen-bond donors (Lipinski definition) is 2. The van der Waals surface area contributed by atoms with Crippen LogP contribution in [0.2, 0.25) is 0 Å². The average Bonchev–Trinajstić information content (AvgIpc) is 2.80. The summed E-state index contributed by atoms with van der Waals surface area (Å²) in [6.07, 6.45) is 5.10. The van der Waals surface area contributed by atoms with E-state index in [1.807, 2.05) is 13.8 Å². The van der Waals surface area contributed by atoms with Crippen molar-refractivity contribution in [3.8, 4) is 0 Å². The molecule has 2 saturated heterocycles. The lowest BCUT2D eigenvalue weighted by Crippen LogP contribution is -2.39. The molecule has 2 fully saturated rings. The van der Waals surface area contributed by atoms with Gasteiger partial charge in [-0.1, -0.05) is 13.8 Å². The van der Waals surface area contributed by atoms with Crippen LogP contribution < -0.4 is 5.32 Å². The third-order valence-corrected chi connectivity index (χ3v) is 3.66. The maximum Gasteiger partial charge on any atom is 0.0586 e. The molecule has 0 bridgehead atoms. The van der Waals surface area contributed by atoms with Crippen LogP contribution in [0.5, 0.6) is 0 Å². The highest BCUT2D eigenvalue weighted by Crippen LogP contribution is 2.21. The zero-order valence-electron chi connectivity index (χ0n) is 10.9. The van der Waals surface area contributed by atoms with E-state index in [4.69, 9.17) is 0 Å². The fraction of sp³-hybridized carbons (Fsp3) is 1.00. The summed E-state index contributed by atoms with van der Waals surface area (Å²) < 4.78 is 0. The van der Waals surface area contributed by atoms with Gasteiger partial charge in [-0.25, -0.2) is 0 Å². The van der Waals surface area contributed by atoms with Crippen LogP contribution in [0.1, 0.15) is 39.5 Å². The average molecular weight is 228 g/mol. The van der Waals surface area contributed by atoms with Gasteiger partial charge < -0.3 is 10.4 Å². The van der Waals surface area contributed by atoms with E-state index in [0.29, 0.717) is 12.6 Å². The monoisotopic (exact) mass is 228 g/mol. The van der Waals surface area contributed by atoms with E-state index in [2.05, 4.69) is 10.2 Å². The topological polar surface area (TPSA) is 35.5 Å². The number of hydrogen-bond acceptors (Lipinski definition) is 3. The highest BCUT2D eigenvalue weighted by atomic mass is 16.3. The Bertz CT molecular complexity index is 169. The Morgan fingerprint density at radius 3 is 2.50 bits per heavy atom. The second-order valence-corrected chi connectivity index (χ2v) is 4.67. The van der Waals surface area contributed by atoms with Crippen LogP contribution in [0.4, 0.5) is 0 Å². The summed E-state index contributed by atoms with van der Waals surface area (Å²) in [7, 11) is 0. The molecule has 3 heteroatoms. The molecule has 0 aromatic carbocycles. The second-order valence-electron chi connectivity index (χ2n) is 4.67. The molecule has 3 nitrogen and oxygen atoms in total. The minimum atomic E-state index is 0.352. The molecule has 2 aliphatic rings. The Morgan fingerprint density at radius 2 is 1.88 bits per heavy atom. The smallest absolute Gasteiger partial charge is 0.0586 e. The molecule has 1 unspecified atom stereocenters. The number of nitrogens with one attached hydrogen (secondary N) is 1. The summed E-state index contributed by atoms with van der Waals surface area (Å²) in [5, 5.41) is 12.6. The molecule has 0 amide bonds. The molecule has 0 aromatic rings. The zero-order chi connectivity index (χ0) is 11.8. The van der Waals surface area contributed by atoms with Crippen LogP contribution >= 0.6 is 0 Å². The molecular formula is C13H28N2O. The first-order valence-corrected chi connectivity index (χ1v) is 6.96. The molecular weight excluding hydrogens is 200 g/mol. The summed E-state index contributed by atoms with van der Waals surface area (Å²) in [6, 6.07) is 0.463. The maximum absolute atomic E-state index is 9.21. The molecule has 0 saturated carbocycles. The fourth-order valence-corrected chi connectivity index (χ4v) is 2.74. The van der Waals surface area contributed by atoms with Gasteiger partial charge in [0.15, 0.2) is 0 Å². The van der Waals surface area contributed by atoms with Gasteiger partial charge in [0, 0.05) is 12.6 Å². The molecule has 2 rings (SSSR count). The Labute approximate surface area is 100 Å². The van der Waals surface area contributed by atoms with Crippen molar-refractivity contribution in [3.05, 3.63) is 0 Å². The summed E-state index contributed by atoms with van der Waals surface area (Å²) in [5.41, 5.74) is 0. The lowest BCUT2D eigenvalue weighted by atomic mass is 9.97. The predicted molar refractivity (Wildman–Crippen MR) is 68.6 cm³/mol. The minimum absolute atomic E-state index is 0.352. The fourth-order valence-electron chi connectivity index (χ4n) is 2.74. The minimum Gasteiger partial charge on any atom is -0.395 e. The Kier molecular flexibility index (Phi) is 7.01. The molecule has 96 valence electrons. The third kappa shape index (κ3) is 4.04. The predicted octanol–water partition coefficient (Wildman–Crippen LogP) is 1.47. The normalized spacial score (nSPS) is 27.6. The number of nitrogens with zero attached hydrogens (tertiary/aromatic N) is 1. The molecule has 0 spiro atoms. The van der Waals surface area contributed by atoms with Crippen molar-refractivity contribution in [1.82, 2.24) is 10.2 Å². The van der Waals surface area contributed by atoms with E-state index >= 15 is 0 Å². The van der Waals surface area contributed by atoms with Crippen LogP contribution in [-0.4, -0.2) is 48.8 Å². The van der Waals surface area contributed by atoms with Gasteiger partial charge in [0.2, 0.25) is 0 Å². The lowest BCUT2D eigenvalue weighted by Gasteiger charge is -2.30. The number of aliphatic hydroxyl groups is 1. The molecule has 1 atom stereocenters. The van der Waals surface area contributed by atoms with E-state index in [1.54, 1.807) is 0 Å². The van der Waals surface area contributed by atoms with Gasteiger partial charge in [-0.2, -0.15) is 0 Å². The quantitative estimate of drug-likeness (QED) is 0.768. The molecule has 16 heavy (non-hydrogen) atoms. The van der Waals surface area contributed by atoms with E-state index in [-0.39, 0.29) is 0 Å². The summed E-state index contributed by atoms with van der Waals surface area (Å²) >= 11 is 0. The number of aliphatic hydroxyl groups excluding tert-OH is 1. The van der Waals surface area contributed by atoms with E-state index in [9.17, 15) is 5.11 Å². The van der Waals surface area contributed by atoms with E-state index in [0.717, 1.165) is 5.92 Å². The molecule has 0 radical (unpaired) electrons. The van der Waals surface area contributed by atoms with Gasteiger partial charge >= 0.3 is 0 Å². The van der Waals surface area contributed by atoms with Crippen molar-refractivity contribution in [2.75, 3.05) is 32.8 Å². The van der Waals surface area contributed by atoms with Gasteiger partial charge in [-0.15, -0.1) is 0 Å². The first-order chi connectivity index (χ1) is 7.90. The first kappa shape index (κ1) is 13.9. The summed E-state index contributed by atoms with van der Waals surface area (Å²) in [6.45, 7) is 9.14. The SMILES string of the molecule is CC.OCC1CCCN1CC1CCNCC1. The summed E-state index contributed by atoms with van der Waals surface area (Å²) in [5.74, 6) is 0.864. The van der Waals surface area contributed by atoms with Gasteiger partial charge in [-0.05, 0) is 51.2 Å². The first-order valence-electron chi connectivity index (χ1n) is 6.96. The maximum atomic E-state index is 9.21. The van der Waals surface area contributed by atoms with Gasteiger partial charge in [0.05, 0.1) is 6.61 Å². The molecule has 0 aliphatic carbocycles. The highest BCUT2D eigenvalue weighted by molar-refractivity contribution is 4.81. The van der Waals surface area contributed by atoms with Crippen molar-refractivity contribution in [2.24, 2.45) is 5.92 Å². The molecule has 2 heterocycles. The van der Waals surface area contributed by atoms with Crippen LogP contribution in [-0.2, 0) is 0 Å². The lowest BCUT2D eigenvalue weighted by molar-refractivity contribution is 0.133. The van der Waals surface area contributed by atoms with Gasteiger partial charge in [0.25, 0.3) is 0 Å². The zero-order valence-corrected chi connectivity index (χ0v) is 10.9. The van der Waals surface area contributed by atoms with Crippen LogP contribution in [0.3, 0.4) is 0 Å². The van der Waals surface area contributed by atoms with E-state index < -0.39 is 0 Å². The van der Waals surface area contributed by atoms with Crippen molar-refractivity contribution in [1.29, 1.82) is 0 Å². The Hall–Kier alpha value is -0.120. The van der Waals surface area contributed by atoms with Crippen LogP contribution in [0, 0.1) is 5.92 Å². The number of likely N-dealkylation sites (tertiary alicyclic amines) is 1. The largest absolute Gasteiger partial charge is 0.395 e. The number of piperidine rings is 1. The molecule has 2 aliphatic heterocycles. The van der Waals surface area contributed by atoms with Crippen molar-refractivity contribution in [3.63, 3.8) is 0 Å².